The Bertz CT molecular complexity index is 441. The van der Waals surface area contributed by atoms with Gasteiger partial charge in [0, 0.05) is 19.8 Å². The zero-order chi connectivity index (χ0) is 15.0. The molecule has 0 amide bonds. The van der Waals surface area contributed by atoms with Gasteiger partial charge in [0.2, 0.25) is 0 Å². The molecule has 1 aromatic rings. The van der Waals surface area contributed by atoms with E-state index >= 15 is 0 Å². The van der Waals surface area contributed by atoms with E-state index in [1.54, 1.807) is 32.0 Å². The number of ether oxygens (including phenoxy) is 1. The van der Waals surface area contributed by atoms with E-state index in [0.29, 0.717) is 5.69 Å². The number of hydrogen-bond acceptors (Lipinski definition) is 4. The Morgan fingerprint density at radius 1 is 1.16 bits per heavy atom. The second-order valence-electron chi connectivity index (χ2n) is 3.69. The van der Waals surface area contributed by atoms with Gasteiger partial charge in [-0.1, -0.05) is 13.8 Å². The third-order valence-electron chi connectivity index (χ3n) is 2.19. The van der Waals surface area contributed by atoms with E-state index in [-0.39, 0.29) is 17.7 Å². The number of carbonyl (C=O) groups is 2. The number of rotatable bonds is 4. The maximum Gasteiger partial charge on any atom is 0.338 e. The second-order valence-corrected chi connectivity index (χ2v) is 3.69. The zero-order valence-electron chi connectivity index (χ0n) is 12.1. The average molecular weight is 267 g/mol. The quantitative estimate of drug-likeness (QED) is 0.849. The molecule has 0 aliphatic carbocycles. The van der Waals surface area contributed by atoms with Crippen LogP contribution in [0.1, 0.15) is 41.5 Å². The molecule has 0 saturated heterocycles. The van der Waals surface area contributed by atoms with Crippen LogP contribution in [0.25, 0.3) is 0 Å². The molecule has 0 aliphatic rings. The fraction of sp³-hybridized carbons (Fsp3) is 0.429. The average Bonchev–Trinajstić information content (AvgIpc) is 2.40. The molecule has 1 N–H and O–H groups in total. The summed E-state index contributed by atoms with van der Waals surface area (Å²) in [4.78, 5) is 24.2. The number of carbonyl (C=O) groups excluding carboxylic acids is 1. The molecular weight excluding hydrogens is 246 g/mol. The van der Waals surface area contributed by atoms with Crippen molar-refractivity contribution in [1.82, 2.24) is 0 Å². The van der Waals surface area contributed by atoms with Crippen molar-refractivity contribution in [3.8, 4) is 0 Å². The van der Waals surface area contributed by atoms with E-state index in [2.05, 4.69) is 0 Å². The molecule has 19 heavy (non-hydrogen) atoms. The number of carboxylic acids is 1. The number of hydrogen-bond donors (Lipinski definition) is 1. The van der Waals surface area contributed by atoms with E-state index in [1.807, 2.05) is 13.8 Å². The smallest absolute Gasteiger partial charge is 0.338 e. The van der Waals surface area contributed by atoms with Crippen LogP contribution in [0.2, 0.25) is 0 Å². The number of aromatic carboxylic acids is 1. The fourth-order valence-electron chi connectivity index (χ4n) is 1.33. The Morgan fingerprint density at radius 3 is 2.11 bits per heavy atom. The molecule has 0 bridgehead atoms. The molecule has 0 fully saturated rings. The van der Waals surface area contributed by atoms with Crippen molar-refractivity contribution >= 4 is 17.6 Å². The van der Waals surface area contributed by atoms with Gasteiger partial charge in [0.25, 0.3) is 0 Å². The lowest BCUT2D eigenvalue weighted by molar-refractivity contribution is 0.0526. The van der Waals surface area contributed by atoms with Gasteiger partial charge in [0.05, 0.1) is 17.7 Å². The summed E-state index contributed by atoms with van der Waals surface area (Å²) in [6, 6.07) is 4.42. The molecule has 5 heteroatoms. The Balaban J connectivity index is 0.00000154. The van der Waals surface area contributed by atoms with Crippen LogP contribution in [0.3, 0.4) is 0 Å². The summed E-state index contributed by atoms with van der Waals surface area (Å²) in [6.45, 7) is 5.96. The van der Waals surface area contributed by atoms with Crippen molar-refractivity contribution in [1.29, 1.82) is 0 Å². The van der Waals surface area contributed by atoms with Crippen LogP contribution in [-0.4, -0.2) is 37.7 Å². The van der Waals surface area contributed by atoms with Crippen LogP contribution in [0, 0.1) is 0 Å². The minimum atomic E-state index is -1.07. The third-order valence-corrected chi connectivity index (χ3v) is 2.19. The van der Waals surface area contributed by atoms with Crippen molar-refractivity contribution in [2.24, 2.45) is 0 Å². The Morgan fingerprint density at radius 2 is 1.68 bits per heavy atom. The maximum atomic E-state index is 11.6. The summed E-state index contributed by atoms with van der Waals surface area (Å²) in [5, 5.41) is 8.96. The predicted molar refractivity (Wildman–Crippen MR) is 75.0 cm³/mol. The predicted octanol–water partition coefficient (Wildman–Crippen LogP) is 2.65. The molecule has 0 radical (unpaired) electrons. The minimum Gasteiger partial charge on any atom is -0.478 e. The van der Waals surface area contributed by atoms with Crippen molar-refractivity contribution < 1.29 is 19.4 Å². The standard InChI is InChI=1S/C12H15NO4.C2H6/c1-4-17-12(16)9-5-8(11(14)15)6-10(7-9)13(2)3;1-2/h5-7H,4H2,1-3H3,(H,14,15);1-2H3. The van der Waals surface area contributed by atoms with Gasteiger partial charge in [-0.3, -0.25) is 0 Å². The SMILES string of the molecule is CC.CCOC(=O)c1cc(C(=O)O)cc(N(C)C)c1. The Hall–Kier alpha value is -2.04. The largest absolute Gasteiger partial charge is 0.478 e. The molecule has 0 spiro atoms. The highest BCUT2D eigenvalue weighted by molar-refractivity contribution is 5.96. The van der Waals surface area contributed by atoms with Gasteiger partial charge < -0.3 is 14.7 Å². The third kappa shape index (κ3) is 4.99. The van der Waals surface area contributed by atoms with E-state index in [9.17, 15) is 9.59 Å². The lowest BCUT2D eigenvalue weighted by atomic mass is 10.1. The molecule has 1 aromatic carbocycles. The van der Waals surface area contributed by atoms with Gasteiger partial charge in [-0.2, -0.15) is 0 Å². The molecule has 0 atom stereocenters. The van der Waals surface area contributed by atoms with E-state index in [0.717, 1.165) is 0 Å². The normalized spacial score (nSPS) is 9.11. The first-order valence-corrected chi connectivity index (χ1v) is 6.18. The van der Waals surface area contributed by atoms with Crippen LogP contribution in [0.15, 0.2) is 18.2 Å². The molecular formula is C14H21NO4. The first kappa shape index (κ1) is 17.0. The van der Waals surface area contributed by atoms with Gasteiger partial charge in [-0.05, 0) is 25.1 Å². The number of anilines is 1. The number of nitrogens with zero attached hydrogens (tertiary/aromatic N) is 1. The maximum absolute atomic E-state index is 11.6. The van der Waals surface area contributed by atoms with Gasteiger partial charge >= 0.3 is 11.9 Å². The van der Waals surface area contributed by atoms with Crippen molar-refractivity contribution in [2.45, 2.75) is 20.8 Å². The topological polar surface area (TPSA) is 66.8 Å². The summed E-state index contributed by atoms with van der Waals surface area (Å²) < 4.78 is 4.85. The highest BCUT2D eigenvalue weighted by Gasteiger charge is 2.13. The number of benzene rings is 1. The number of esters is 1. The summed E-state index contributed by atoms with van der Waals surface area (Å²) >= 11 is 0. The zero-order valence-corrected chi connectivity index (χ0v) is 12.1. The van der Waals surface area contributed by atoms with Crippen molar-refractivity contribution in [2.75, 3.05) is 25.6 Å². The van der Waals surface area contributed by atoms with Crippen LogP contribution in [0.4, 0.5) is 5.69 Å². The van der Waals surface area contributed by atoms with E-state index in [4.69, 9.17) is 9.84 Å². The minimum absolute atomic E-state index is 0.0688. The second kappa shape index (κ2) is 8.13. The molecule has 0 aliphatic heterocycles. The first-order chi connectivity index (χ1) is 8.95. The summed E-state index contributed by atoms with van der Waals surface area (Å²) in [6.07, 6.45) is 0. The van der Waals surface area contributed by atoms with Gasteiger partial charge in [0.1, 0.15) is 0 Å². The van der Waals surface area contributed by atoms with Crippen LogP contribution < -0.4 is 4.90 Å². The highest BCUT2D eigenvalue weighted by atomic mass is 16.5. The monoisotopic (exact) mass is 267 g/mol. The van der Waals surface area contributed by atoms with E-state index in [1.165, 1.54) is 12.1 Å². The van der Waals surface area contributed by atoms with Gasteiger partial charge in [0.15, 0.2) is 0 Å². The molecule has 0 saturated carbocycles. The van der Waals surface area contributed by atoms with Crippen LogP contribution >= 0.6 is 0 Å². The summed E-state index contributed by atoms with van der Waals surface area (Å²) in [7, 11) is 3.55. The summed E-state index contributed by atoms with van der Waals surface area (Å²) in [5.74, 6) is -1.59. The lowest BCUT2D eigenvalue weighted by Crippen LogP contribution is -2.13. The number of carboxylic acid groups (broad SMARTS) is 1. The Labute approximate surface area is 113 Å². The lowest BCUT2D eigenvalue weighted by Gasteiger charge is -2.14. The molecule has 1 rings (SSSR count). The van der Waals surface area contributed by atoms with Gasteiger partial charge in [-0.25, -0.2) is 9.59 Å². The molecule has 0 unspecified atom stereocenters. The molecule has 0 aromatic heterocycles. The van der Waals surface area contributed by atoms with E-state index < -0.39 is 11.9 Å². The van der Waals surface area contributed by atoms with Gasteiger partial charge in [-0.15, -0.1) is 0 Å². The van der Waals surface area contributed by atoms with Crippen molar-refractivity contribution in [3.05, 3.63) is 29.3 Å². The summed E-state index contributed by atoms with van der Waals surface area (Å²) in [5.41, 5.74) is 0.961. The first-order valence-electron chi connectivity index (χ1n) is 6.18. The molecule has 106 valence electrons. The van der Waals surface area contributed by atoms with Crippen molar-refractivity contribution in [3.63, 3.8) is 0 Å². The van der Waals surface area contributed by atoms with Crippen LogP contribution in [-0.2, 0) is 4.74 Å². The Kier molecular flexibility index (Phi) is 7.26. The highest BCUT2D eigenvalue weighted by Crippen LogP contribution is 2.18. The molecule has 0 heterocycles. The molecule has 5 nitrogen and oxygen atoms in total. The van der Waals surface area contributed by atoms with Crippen LogP contribution in [0.5, 0.6) is 0 Å². The fourth-order valence-corrected chi connectivity index (χ4v) is 1.33.